The minimum absolute atomic E-state index is 0.102. The van der Waals surface area contributed by atoms with Gasteiger partial charge in [-0.3, -0.25) is 9.69 Å². The molecule has 31 heavy (non-hydrogen) atoms. The van der Waals surface area contributed by atoms with Crippen molar-refractivity contribution in [1.82, 2.24) is 14.7 Å². The molecule has 0 radical (unpaired) electrons. The number of hydrogen-bond donors (Lipinski definition) is 1. The molecule has 2 atom stereocenters. The molecule has 2 saturated heterocycles. The molecule has 0 saturated carbocycles. The average Bonchev–Trinajstić information content (AvgIpc) is 3.28. The van der Waals surface area contributed by atoms with Crippen LogP contribution in [-0.2, 0) is 11.3 Å². The number of methoxy groups -OCH3 is 1. The summed E-state index contributed by atoms with van der Waals surface area (Å²) in [5.41, 5.74) is 1.35. The van der Waals surface area contributed by atoms with Crippen molar-refractivity contribution in [3.8, 4) is 5.75 Å². The van der Waals surface area contributed by atoms with Crippen LogP contribution in [0.25, 0.3) is 0 Å². The molecule has 1 N–H and O–H groups in total. The van der Waals surface area contributed by atoms with Gasteiger partial charge in [-0.2, -0.15) is 0 Å². The second-order valence-corrected chi connectivity index (χ2v) is 8.75. The monoisotopic (exact) mass is 422 g/mol. The van der Waals surface area contributed by atoms with E-state index in [1.54, 1.807) is 37.1 Å². The Balaban J connectivity index is 1.49. The van der Waals surface area contributed by atoms with Crippen molar-refractivity contribution in [3.63, 3.8) is 0 Å². The topological polar surface area (TPSA) is 65.1 Å². The lowest BCUT2D eigenvalue weighted by atomic mass is 9.80. The van der Waals surface area contributed by atoms with Gasteiger partial charge in [0.05, 0.1) is 12.5 Å². The largest absolute Gasteiger partial charge is 0.497 e. The van der Waals surface area contributed by atoms with Gasteiger partial charge in [0.2, 0.25) is 5.91 Å². The van der Waals surface area contributed by atoms with E-state index < -0.39 is 5.41 Å². The van der Waals surface area contributed by atoms with E-state index in [1.165, 1.54) is 5.56 Å². The number of amides is 3. The Bertz CT molecular complexity index is 949. The Morgan fingerprint density at radius 1 is 1.10 bits per heavy atom. The van der Waals surface area contributed by atoms with Crippen molar-refractivity contribution >= 4 is 17.6 Å². The molecule has 2 aliphatic heterocycles. The van der Waals surface area contributed by atoms with E-state index >= 15 is 0 Å². The van der Waals surface area contributed by atoms with Crippen LogP contribution in [0.5, 0.6) is 5.75 Å². The van der Waals surface area contributed by atoms with E-state index in [4.69, 9.17) is 4.74 Å². The third-order valence-electron chi connectivity index (χ3n) is 6.37. The molecule has 0 bridgehead atoms. The molecule has 4 rings (SSSR count). The highest BCUT2D eigenvalue weighted by Crippen LogP contribution is 2.44. The van der Waals surface area contributed by atoms with E-state index in [0.717, 1.165) is 13.1 Å². The first-order valence-electron chi connectivity index (χ1n) is 10.6. The number of anilines is 1. The molecule has 3 amide bonds. The summed E-state index contributed by atoms with van der Waals surface area (Å²) in [5.74, 6) is 0.902. The molecule has 0 unspecified atom stereocenters. The summed E-state index contributed by atoms with van der Waals surface area (Å²) >= 11 is 0. The number of benzene rings is 2. The Morgan fingerprint density at radius 3 is 2.58 bits per heavy atom. The number of rotatable bonds is 5. The van der Waals surface area contributed by atoms with Crippen molar-refractivity contribution in [1.29, 1.82) is 0 Å². The average molecular weight is 423 g/mol. The number of carbonyl (C=O) groups is 2. The normalized spacial score (nSPS) is 22.8. The lowest BCUT2D eigenvalue weighted by Crippen LogP contribution is -2.47. The van der Waals surface area contributed by atoms with Crippen LogP contribution in [0, 0.1) is 11.3 Å². The highest BCUT2D eigenvalue weighted by atomic mass is 16.5. The van der Waals surface area contributed by atoms with Gasteiger partial charge in [-0.05, 0) is 17.7 Å². The number of nitrogens with one attached hydrogen (secondary N) is 1. The highest BCUT2D eigenvalue weighted by molar-refractivity contribution is 5.91. The van der Waals surface area contributed by atoms with E-state index in [1.807, 2.05) is 36.4 Å². The second kappa shape index (κ2) is 8.59. The fourth-order valence-corrected chi connectivity index (χ4v) is 4.94. The van der Waals surface area contributed by atoms with E-state index in [2.05, 4.69) is 22.3 Å². The molecule has 0 spiro atoms. The maximum Gasteiger partial charge on any atom is 0.321 e. The highest BCUT2D eigenvalue weighted by Gasteiger charge is 2.58. The van der Waals surface area contributed by atoms with Gasteiger partial charge in [0, 0.05) is 64.5 Å². The first kappa shape index (κ1) is 21.2. The molecule has 0 aromatic heterocycles. The van der Waals surface area contributed by atoms with Crippen LogP contribution in [-0.4, -0.2) is 74.0 Å². The van der Waals surface area contributed by atoms with Crippen molar-refractivity contribution in [2.45, 2.75) is 6.54 Å². The molecular formula is C24H30N4O3. The molecule has 2 heterocycles. The predicted octanol–water partition coefficient (Wildman–Crippen LogP) is 2.75. The fraction of sp³-hybridized carbons (Fsp3) is 0.417. The number of carbonyl (C=O) groups excluding carboxylic acids is 2. The Labute approximate surface area is 183 Å². The van der Waals surface area contributed by atoms with Crippen molar-refractivity contribution in [3.05, 3.63) is 60.2 Å². The third-order valence-corrected chi connectivity index (χ3v) is 6.37. The van der Waals surface area contributed by atoms with Crippen LogP contribution in [0.15, 0.2) is 54.6 Å². The van der Waals surface area contributed by atoms with E-state index in [0.29, 0.717) is 31.1 Å². The van der Waals surface area contributed by atoms with Crippen molar-refractivity contribution in [2.75, 3.05) is 52.7 Å². The Hall–Kier alpha value is -3.06. The SMILES string of the molecule is COc1cccc(NC(=O)N2C[C@@H]3CN(Cc4ccccc4)C[C@]3(C(=O)N(C)C)C2)c1. The Kier molecular flexibility index (Phi) is 5.87. The van der Waals surface area contributed by atoms with Crippen LogP contribution >= 0.6 is 0 Å². The molecule has 2 aromatic carbocycles. The zero-order valence-electron chi connectivity index (χ0n) is 18.4. The second-order valence-electron chi connectivity index (χ2n) is 8.75. The molecule has 164 valence electrons. The van der Waals surface area contributed by atoms with E-state index in [9.17, 15) is 9.59 Å². The summed E-state index contributed by atoms with van der Waals surface area (Å²) < 4.78 is 5.24. The summed E-state index contributed by atoms with van der Waals surface area (Å²) in [4.78, 5) is 32.1. The van der Waals surface area contributed by atoms with Gasteiger partial charge in [-0.15, -0.1) is 0 Å². The maximum atomic E-state index is 13.3. The number of nitrogens with zero attached hydrogens (tertiary/aromatic N) is 3. The standard InChI is InChI=1S/C24H30N4O3/c1-26(2)22(29)24-16-27(13-18-8-5-4-6-9-18)14-19(24)15-28(17-24)23(30)25-20-10-7-11-21(12-20)31-3/h4-12,19H,13-17H2,1-3H3,(H,25,30)/t19-,24-/m0/s1. The summed E-state index contributed by atoms with van der Waals surface area (Å²) in [5, 5.41) is 2.95. The molecule has 2 aromatic rings. The molecule has 2 aliphatic rings. The number of likely N-dealkylation sites (tertiary alicyclic amines) is 2. The molecule has 7 nitrogen and oxygen atoms in total. The van der Waals surface area contributed by atoms with Gasteiger partial charge in [0.1, 0.15) is 5.75 Å². The first-order valence-corrected chi connectivity index (χ1v) is 10.6. The zero-order chi connectivity index (χ0) is 22.0. The minimum Gasteiger partial charge on any atom is -0.497 e. The fourth-order valence-electron chi connectivity index (χ4n) is 4.94. The van der Waals surface area contributed by atoms with Crippen molar-refractivity contribution in [2.24, 2.45) is 11.3 Å². The number of fused-ring (bicyclic) bond motifs is 1. The van der Waals surface area contributed by atoms with Gasteiger partial charge < -0.3 is 19.9 Å². The summed E-state index contributed by atoms with van der Waals surface area (Å²) in [7, 11) is 5.19. The summed E-state index contributed by atoms with van der Waals surface area (Å²) in [6.45, 7) is 3.27. The number of ether oxygens (including phenoxy) is 1. The molecule has 2 fully saturated rings. The third kappa shape index (κ3) is 4.23. The van der Waals surface area contributed by atoms with Crippen LogP contribution < -0.4 is 10.1 Å². The minimum atomic E-state index is -0.565. The number of urea groups is 1. The molecule has 0 aliphatic carbocycles. The van der Waals surface area contributed by atoms with Gasteiger partial charge in [-0.25, -0.2) is 4.79 Å². The smallest absolute Gasteiger partial charge is 0.321 e. The lowest BCUT2D eigenvalue weighted by Gasteiger charge is -2.31. The molecular weight excluding hydrogens is 392 g/mol. The first-order chi connectivity index (χ1) is 14.9. The lowest BCUT2D eigenvalue weighted by molar-refractivity contribution is -0.139. The van der Waals surface area contributed by atoms with Crippen molar-refractivity contribution < 1.29 is 14.3 Å². The van der Waals surface area contributed by atoms with Gasteiger partial charge in [-0.1, -0.05) is 36.4 Å². The number of hydrogen-bond acceptors (Lipinski definition) is 4. The van der Waals surface area contributed by atoms with Crippen LogP contribution in [0.4, 0.5) is 10.5 Å². The Morgan fingerprint density at radius 2 is 1.87 bits per heavy atom. The van der Waals surface area contributed by atoms with Gasteiger partial charge >= 0.3 is 6.03 Å². The maximum absolute atomic E-state index is 13.3. The quantitative estimate of drug-likeness (QED) is 0.805. The predicted molar refractivity (Wildman–Crippen MR) is 120 cm³/mol. The van der Waals surface area contributed by atoms with Gasteiger partial charge in [0.15, 0.2) is 0 Å². The van der Waals surface area contributed by atoms with Crippen LogP contribution in [0.3, 0.4) is 0 Å². The summed E-state index contributed by atoms with van der Waals surface area (Å²) in [6, 6.07) is 17.4. The van der Waals surface area contributed by atoms with Gasteiger partial charge in [0.25, 0.3) is 0 Å². The van der Waals surface area contributed by atoms with Crippen LogP contribution in [0.2, 0.25) is 0 Å². The zero-order valence-corrected chi connectivity index (χ0v) is 18.4. The molecule has 7 heteroatoms. The summed E-state index contributed by atoms with van der Waals surface area (Å²) in [6.07, 6.45) is 0. The van der Waals surface area contributed by atoms with Crippen LogP contribution in [0.1, 0.15) is 5.56 Å². The van der Waals surface area contributed by atoms with E-state index in [-0.39, 0.29) is 17.9 Å².